The number of likely N-dealkylation sites (N-methyl/N-ethyl adjacent to an activating group) is 1. The van der Waals surface area contributed by atoms with Gasteiger partial charge in [-0.2, -0.15) is 0 Å². The molecule has 1 aromatic rings. The van der Waals surface area contributed by atoms with E-state index >= 15 is 0 Å². The molecule has 2 rings (SSSR count). The number of carbonyl (C=O) groups is 3. The number of anilines is 1. The van der Waals surface area contributed by atoms with Crippen molar-refractivity contribution < 1.29 is 19.5 Å². The van der Waals surface area contributed by atoms with Gasteiger partial charge in [-0.15, -0.1) is 0 Å². The van der Waals surface area contributed by atoms with E-state index in [2.05, 4.69) is 0 Å². The number of rotatable bonds is 6. The van der Waals surface area contributed by atoms with Crippen LogP contribution < -0.4 is 4.90 Å². The van der Waals surface area contributed by atoms with Crippen molar-refractivity contribution >= 4 is 34.5 Å². The van der Waals surface area contributed by atoms with E-state index in [9.17, 15) is 14.4 Å². The summed E-state index contributed by atoms with van der Waals surface area (Å²) in [6, 6.07) is 5.42. The average Bonchev–Trinajstić information content (AvgIpc) is 2.81. The molecular formula is C17H22N2O4S. The quantitative estimate of drug-likeness (QED) is 0.850. The molecule has 1 unspecified atom stereocenters. The van der Waals surface area contributed by atoms with E-state index in [-0.39, 0.29) is 36.6 Å². The maximum absolute atomic E-state index is 12.6. The number of aliphatic hydroxyl groups is 1. The van der Waals surface area contributed by atoms with Crippen LogP contribution in [-0.4, -0.2) is 52.0 Å². The van der Waals surface area contributed by atoms with Gasteiger partial charge in [0.15, 0.2) is 0 Å². The average molecular weight is 350 g/mol. The molecule has 0 saturated carbocycles. The molecule has 0 aromatic heterocycles. The molecule has 1 aliphatic rings. The van der Waals surface area contributed by atoms with Crippen LogP contribution in [0, 0.1) is 13.8 Å². The van der Waals surface area contributed by atoms with Crippen LogP contribution in [-0.2, 0) is 9.59 Å². The van der Waals surface area contributed by atoms with Crippen LogP contribution in [0.3, 0.4) is 0 Å². The first-order valence-electron chi connectivity index (χ1n) is 7.89. The van der Waals surface area contributed by atoms with Crippen LogP contribution in [0.1, 0.15) is 24.5 Å². The zero-order valence-corrected chi connectivity index (χ0v) is 14.9. The van der Waals surface area contributed by atoms with E-state index in [1.807, 2.05) is 26.8 Å². The van der Waals surface area contributed by atoms with Gasteiger partial charge in [0.05, 0.1) is 12.3 Å². The first kappa shape index (κ1) is 18.5. The van der Waals surface area contributed by atoms with Crippen molar-refractivity contribution in [2.75, 3.05) is 24.6 Å². The fraction of sp³-hybridized carbons (Fsp3) is 0.471. The molecule has 1 fully saturated rings. The molecule has 7 heteroatoms. The Morgan fingerprint density at radius 1 is 1.29 bits per heavy atom. The summed E-state index contributed by atoms with van der Waals surface area (Å²) >= 11 is 0.888. The number of hydrogen-bond donors (Lipinski definition) is 1. The second-order valence-corrected chi connectivity index (χ2v) is 6.87. The number of carbonyl (C=O) groups excluding carboxylic acids is 3. The zero-order valence-electron chi connectivity index (χ0n) is 14.1. The van der Waals surface area contributed by atoms with Crippen molar-refractivity contribution in [3.8, 4) is 0 Å². The topological polar surface area (TPSA) is 77.9 Å². The third-order valence-electron chi connectivity index (χ3n) is 4.13. The van der Waals surface area contributed by atoms with E-state index in [4.69, 9.17) is 5.11 Å². The van der Waals surface area contributed by atoms with Crippen molar-refractivity contribution in [1.82, 2.24) is 4.90 Å². The van der Waals surface area contributed by atoms with Gasteiger partial charge < -0.3 is 10.0 Å². The van der Waals surface area contributed by atoms with Crippen LogP contribution in [0.25, 0.3) is 0 Å². The minimum absolute atomic E-state index is 0.0373. The van der Waals surface area contributed by atoms with Gasteiger partial charge in [0.2, 0.25) is 11.8 Å². The first-order chi connectivity index (χ1) is 11.4. The Morgan fingerprint density at radius 2 is 2.00 bits per heavy atom. The van der Waals surface area contributed by atoms with Crippen LogP contribution in [0.5, 0.6) is 0 Å². The minimum atomic E-state index is -0.709. The molecule has 1 heterocycles. The third-order valence-corrected chi connectivity index (χ3v) is 5.17. The molecule has 0 bridgehead atoms. The molecule has 130 valence electrons. The second kappa shape index (κ2) is 7.81. The van der Waals surface area contributed by atoms with Gasteiger partial charge in [-0.1, -0.05) is 6.07 Å². The summed E-state index contributed by atoms with van der Waals surface area (Å²) in [4.78, 5) is 39.7. The molecule has 1 atom stereocenters. The van der Waals surface area contributed by atoms with Crippen LogP contribution in [0.15, 0.2) is 18.2 Å². The van der Waals surface area contributed by atoms with Crippen LogP contribution >= 0.6 is 11.8 Å². The molecule has 1 aliphatic heterocycles. The third kappa shape index (κ3) is 3.79. The number of thioether (sulfide) groups is 1. The highest BCUT2D eigenvalue weighted by Gasteiger charge is 2.42. The highest BCUT2D eigenvalue weighted by atomic mass is 32.2. The molecule has 6 nitrogen and oxygen atoms in total. The first-order valence-corrected chi connectivity index (χ1v) is 8.77. The number of hydrogen-bond acceptors (Lipinski definition) is 5. The van der Waals surface area contributed by atoms with Crippen LogP contribution in [0.2, 0.25) is 0 Å². The van der Waals surface area contributed by atoms with Crippen molar-refractivity contribution in [1.29, 1.82) is 0 Å². The molecule has 0 radical (unpaired) electrons. The van der Waals surface area contributed by atoms with Gasteiger partial charge in [-0.05, 0) is 55.8 Å². The molecular weight excluding hydrogens is 328 g/mol. The van der Waals surface area contributed by atoms with Crippen LogP contribution in [0.4, 0.5) is 10.5 Å². The van der Waals surface area contributed by atoms with Gasteiger partial charge >= 0.3 is 0 Å². The fourth-order valence-corrected chi connectivity index (χ4v) is 3.53. The lowest BCUT2D eigenvalue weighted by Gasteiger charge is -2.21. The number of amides is 3. The number of benzene rings is 1. The maximum Gasteiger partial charge on any atom is 0.293 e. The predicted molar refractivity (Wildman–Crippen MR) is 94.1 cm³/mol. The predicted octanol–water partition coefficient (Wildman–Crippen LogP) is 2.10. The summed E-state index contributed by atoms with van der Waals surface area (Å²) in [5.41, 5.74) is 2.62. The normalized spacial score (nSPS) is 17.5. The Morgan fingerprint density at radius 3 is 2.58 bits per heavy atom. The standard InChI is InChI=1S/C17H22N2O4S/c1-4-18(7-8-20)15(21)10-14-16(22)19(17(23)24-14)13-6-5-11(2)12(3)9-13/h5-6,9,14,20H,4,7-8,10H2,1-3H3. The highest BCUT2D eigenvalue weighted by Crippen LogP contribution is 2.34. The lowest BCUT2D eigenvalue weighted by atomic mass is 10.1. The SMILES string of the molecule is CCN(CCO)C(=O)CC1SC(=O)N(c2ccc(C)c(C)c2)C1=O. The molecule has 0 aliphatic carbocycles. The number of nitrogens with zero attached hydrogens (tertiary/aromatic N) is 2. The number of aliphatic hydroxyl groups excluding tert-OH is 1. The minimum Gasteiger partial charge on any atom is -0.395 e. The molecule has 1 N–H and O–H groups in total. The van der Waals surface area contributed by atoms with Gasteiger partial charge in [-0.3, -0.25) is 14.4 Å². The van der Waals surface area contributed by atoms with Crippen molar-refractivity contribution in [2.24, 2.45) is 0 Å². The van der Waals surface area contributed by atoms with Gasteiger partial charge in [0.1, 0.15) is 5.25 Å². The van der Waals surface area contributed by atoms with E-state index in [1.54, 1.807) is 12.1 Å². The van der Waals surface area contributed by atoms with E-state index in [0.29, 0.717) is 12.2 Å². The lowest BCUT2D eigenvalue weighted by molar-refractivity contribution is -0.133. The van der Waals surface area contributed by atoms with E-state index in [1.165, 1.54) is 4.90 Å². The number of imide groups is 1. The fourth-order valence-electron chi connectivity index (χ4n) is 2.55. The summed E-state index contributed by atoms with van der Waals surface area (Å²) in [5.74, 6) is -0.589. The summed E-state index contributed by atoms with van der Waals surface area (Å²) < 4.78 is 0. The van der Waals surface area contributed by atoms with Crippen molar-refractivity contribution in [2.45, 2.75) is 32.4 Å². The summed E-state index contributed by atoms with van der Waals surface area (Å²) in [5, 5.41) is 7.92. The molecule has 1 saturated heterocycles. The molecule has 1 aromatic carbocycles. The Bertz CT molecular complexity index is 662. The summed E-state index contributed by atoms with van der Waals surface area (Å²) in [6.07, 6.45) is -0.0373. The smallest absolute Gasteiger partial charge is 0.293 e. The van der Waals surface area contributed by atoms with Gasteiger partial charge in [-0.25, -0.2) is 4.90 Å². The van der Waals surface area contributed by atoms with Gasteiger partial charge in [0.25, 0.3) is 5.24 Å². The Hall–Kier alpha value is -1.86. The Labute approximate surface area is 145 Å². The summed E-state index contributed by atoms with van der Waals surface area (Å²) in [6.45, 7) is 6.26. The molecule has 24 heavy (non-hydrogen) atoms. The van der Waals surface area contributed by atoms with Gasteiger partial charge in [0, 0.05) is 19.5 Å². The Balaban J connectivity index is 2.13. The Kier molecular flexibility index (Phi) is 6.01. The molecule has 0 spiro atoms. The largest absolute Gasteiger partial charge is 0.395 e. The summed E-state index contributed by atoms with van der Waals surface area (Å²) in [7, 11) is 0. The van der Waals surface area contributed by atoms with E-state index in [0.717, 1.165) is 27.8 Å². The van der Waals surface area contributed by atoms with Crippen molar-refractivity contribution in [3.05, 3.63) is 29.3 Å². The monoisotopic (exact) mass is 350 g/mol. The lowest BCUT2D eigenvalue weighted by Crippen LogP contribution is -2.37. The second-order valence-electron chi connectivity index (χ2n) is 5.72. The van der Waals surface area contributed by atoms with Crippen molar-refractivity contribution in [3.63, 3.8) is 0 Å². The highest BCUT2D eigenvalue weighted by molar-refractivity contribution is 8.15. The van der Waals surface area contributed by atoms with E-state index < -0.39 is 5.25 Å². The zero-order chi connectivity index (χ0) is 17.9. The number of aryl methyl sites for hydroxylation is 2. The maximum atomic E-state index is 12.6. The molecule has 3 amide bonds.